The fourth-order valence-electron chi connectivity index (χ4n) is 3.57. The third-order valence-electron chi connectivity index (χ3n) is 5.20. The number of esters is 1. The Morgan fingerprint density at radius 2 is 1.96 bits per heavy atom. The number of benzene rings is 1. The summed E-state index contributed by atoms with van der Waals surface area (Å²) in [5.41, 5.74) is 1.14. The van der Waals surface area contributed by atoms with Gasteiger partial charge in [-0.05, 0) is 50.5 Å². The van der Waals surface area contributed by atoms with Crippen LogP contribution in [0.4, 0.5) is 0 Å². The fourth-order valence-corrected chi connectivity index (χ4v) is 3.57. The topological polar surface area (TPSA) is 88.7 Å². The van der Waals surface area contributed by atoms with Crippen molar-refractivity contribution >= 4 is 22.8 Å². The zero-order valence-electron chi connectivity index (χ0n) is 16.3. The molecule has 3 rings (SSSR count). The van der Waals surface area contributed by atoms with Crippen molar-refractivity contribution in [3.05, 3.63) is 40.2 Å². The van der Waals surface area contributed by atoms with Gasteiger partial charge in [-0.1, -0.05) is 0 Å². The number of rotatable bonds is 6. The minimum absolute atomic E-state index is 0.00690. The van der Waals surface area contributed by atoms with Gasteiger partial charge in [0.25, 0.3) is 5.56 Å². The van der Waals surface area contributed by atoms with E-state index < -0.39 is 0 Å². The number of aryl methyl sites for hydroxylation is 1. The van der Waals surface area contributed by atoms with Crippen LogP contribution in [0.15, 0.2) is 29.1 Å². The molecule has 1 aliphatic heterocycles. The molecule has 28 heavy (non-hydrogen) atoms. The smallest absolute Gasteiger partial charge is 0.309 e. The van der Waals surface area contributed by atoms with E-state index >= 15 is 0 Å². The first kappa shape index (κ1) is 19.9. The molecule has 0 unspecified atom stereocenters. The average molecular weight is 386 g/mol. The molecule has 1 saturated heterocycles. The molecule has 150 valence electrons. The lowest BCUT2D eigenvalue weighted by Gasteiger charge is -2.31. The molecule has 1 fully saturated rings. The lowest BCUT2D eigenvalue weighted by Crippen LogP contribution is -2.40. The molecule has 0 aliphatic carbocycles. The molecule has 7 heteroatoms. The standard InChI is InChI=1S/C21H26N2O5/c1-3-28-21(26)14-8-10-23(11-9-14)19(24)7-4-15-12-16-13-17(27-2)5-6-18(16)22-20(15)25/h5-6,12-14H,3-4,7-11H2,1-2H3,(H,22,25). The summed E-state index contributed by atoms with van der Waals surface area (Å²) in [5, 5.41) is 0.872. The van der Waals surface area contributed by atoms with Gasteiger partial charge in [-0.25, -0.2) is 0 Å². The summed E-state index contributed by atoms with van der Waals surface area (Å²) in [7, 11) is 1.59. The van der Waals surface area contributed by atoms with Crippen LogP contribution in [0.5, 0.6) is 5.75 Å². The Hall–Kier alpha value is -2.83. The maximum atomic E-state index is 12.5. The van der Waals surface area contributed by atoms with E-state index in [1.807, 2.05) is 12.1 Å². The number of amides is 1. The van der Waals surface area contributed by atoms with Gasteiger partial charge < -0.3 is 19.4 Å². The summed E-state index contributed by atoms with van der Waals surface area (Å²) in [6.45, 7) is 3.27. The quantitative estimate of drug-likeness (QED) is 0.770. The number of carbonyl (C=O) groups excluding carboxylic acids is 2. The number of fused-ring (bicyclic) bond motifs is 1. The average Bonchev–Trinajstić information content (AvgIpc) is 2.72. The van der Waals surface area contributed by atoms with Crippen LogP contribution >= 0.6 is 0 Å². The number of hydrogen-bond acceptors (Lipinski definition) is 5. The normalized spacial score (nSPS) is 14.9. The molecule has 0 saturated carbocycles. The predicted molar refractivity (Wildman–Crippen MR) is 105 cm³/mol. The maximum absolute atomic E-state index is 12.5. The molecule has 0 spiro atoms. The van der Waals surface area contributed by atoms with Crippen LogP contribution in [-0.4, -0.2) is 48.6 Å². The largest absolute Gasteiger partial charge is 0.497 e. The minimum atomic E-state index is -0.175. The maximum Gasteiger partial charge on any atom is 0.309 e. The molecule has 1 N–H and O–H groups in total. The highest BCUT2D eigenvalue weighted by atomic mass is 16.5. The highest BCUT2D eigenvalue weighted by Crippen LogP contribution is 2.21. The Labute approximate surface area is 163 Å². The second-order valence-corrected chi connectivity index (χ2v) is 6.98. The molecule has 2 aromatic rings. The number of H-pyrrole nitrogens is 1. The molecule has 1 aromatic carbocycles. The monoisotopic (exact) mass is 386 g/mol. The number of carbonyl (C=O) groups is 2. The van der Waals surface area contributed by atoms with Crippen molar-refractivity contribution in [2.45, 2.75) is 32.6 Å². The van der Waals surface area contributed by atoms with Crippen molar-refractivity contribution in [3.8, 4) is 5.75 Å². The molecule has 1 aliphatic rings. The van der Waals surface area contributed by atoms with Crippen LogP contribution in [0.25, 0.3) is 10.9 Å². The minimum Gasteiger partial charge on any atom is -0.497 e. The van der Waals surface area contributed by atoms with Crippen molar-refractivity contribution < 1.29 is 19.1 Å². The fraction of sp³-hybridized carbons (Fsp3) is 0.476. The lowest BCUT2D eigenvalue weighted by molar-refractivity contribution is -0.151. The molecule has 0 radical (unpaired) electrons. The summed E-state index contributed by atoms with van der Waals surface area (Å²) in [6.07, 6.45) is 1.89. The number of nitrogens with zero attached hydrogens (tertiary/aromatic N) is 1. The molecule has 0 atom stereocenters. The lowest BCUT2D eigenvalue weighted by atomic mass is 9.96. The first-order valence-electron chi connectivity index (χ1n) is 9.66. The van der Waals surface area contributed by atoms with Gasteiger partial charge in [-0.3, -0.25) is 14.4 Å². The first-order chi connectivity index (χ1) is 13.5. The van der Waals surface area contributed by atoms with Crippen LogP contribution in [0.1, 0.15) is 31.7 Å². The van der Waals surface area contributed by atoms with Crippen molar-refractivity contribution in [1.82, 2.24) is 9.88 Å². The second-order valence-electron chi connectivity index (χ2n) is 6.98. The Kier molecular flexibility index (Phi) is 6.34. The molecule has 1 amide bonds. The summed E-state index contributed by atoms with van der Waals surface area (Å²) in [5.74, 6) is 0.425. The Morgan fingerprint density at radius 3 is 2.64 bits per heavy atom. The van der Waals surface area contributed by atoms with Crippen LogP contribution in [0.3, 0.4) is 0 Å². The van der Waals surface area contributed by atoms with E-state index in [1.54, 1.807) is 31.1 Å². The number of hydrogen-bond donors (Lipinski definition) is 1. The third-order valence-corrected chi connectivity index (χ3v) is 5.20. The Balaban J connectivity index is 1.59. The van der Waals surface area contributed by atoms with Gasteiger partial charge in [0.2, 0.25) is 5.91 Å². The molecular formula is C21H26N2O5. The van der Waals surface area contributed by atoms with Crippen LogP contribution in [-0.2, 0) is 20.7 Å². The first-order valence-corrected chi connectivity index (χ1v) is 9.66. The number of pyridine rings is 1. The molecular weight excluding hydrogens is 360 g/mol. The van der Waals surface area contributed by atoms with Crippen LogP contribution in [0.2, 0.25) is 0 Å². The summed E-state index contributed by atoms with van der Waals surface area (Å²) in [4.78, 5) is 41.2. The van der Waals surface area contributed by atoms with Crippen LogP contribution in [0, 0.1) is 5.92 Å². The number of nitrogens with one attached hydrogen (secondary N) is 1. The zero-order valence-corrected chi connectivity index (χ0v) is 16.3. The third kappa shape index (κ3) is 4.52. The molecule has 1 aromatic heterocycles. The van der Waals surface area contributed by atoms with Crippen molar-refractivity contribution in [1.29, 1.82) is 0 Å². The SMILES string of the molecule is CCOC(=O)C1CCN(C(=O)CCc2cc3cc(OC)ccc3[nH]c2=O)CC1. The summed E-state index contributed by atoms with van der Waals surface area (Å²) < 4.78 is 10.3. The molecule has 2 heterocycles. The Morgan fingerprint density at radius 1 is 1.21 bits per heavy atom. The van der Waals surface area contributed by atoms with Gasteiger partial charge in [-0.2, -0.15) is 0 Å². The van der Waals surface area contributed by atoms with E-state index in [2.05, 4.69) is 4.98 Å². The van der Waals surface area contributed by atoms with E-state index in [0.29, 0.717) is 50.3 Å². The number of aromatic nitrogens is 1. The zero-order chi connectivity index (χ0) is 20.1. The van der Waals surface area contributed by atoms with E-state index in [-0.39, 0.29) is 29.8 Å². The van der Waals surface area contributed by atoms with E-state index in [1.165, 1.54) is 0 Å². The highest BCUT2D eigenvalue weighted by Gasteiger charge is 2.28. The van der Waals surface area contributed by atoms with Gasteiger partial charge in [0.1, 0.15) is 5.75 Å². The highest BCUT2D eigenvalue weighted by molar-refractivity contribution is 5.81. The van der Waals surface area contributed by atoms with Crippen LogP contribution < -0.4 is 10.3 Å². The van der Waals surface area contributed by atoms with Crippen molar-refractivity contribution in [2.24, 2.45) is 5.92 Å². The Bertz CT molecular complexity index is 913. The second kappa shape index (κ2) is 8.91. The van der Waals surface area contributed by atoms with Gasteiger partial charge in [0.05, 0.1) is 19.6 Å². The number of likely N-dealkylation sites (tertiary alicyclic amines) is 1. The van der Waals surface area contributed by atoms with Gasteiger partial charge in [0.15, 0.2) is 0 Å². The summed E-state index contributed by atoms with van der Waals surface area (Å²) in [6, 6.07) is 7.27. The molecule has 0 bridgehead atoms. The number of ether oxygens (including phenoxy) is 2. The summed E-state index contributed by atoms with van der Waals surface area (Å²) >= 11 is 0. The van der Waals surface area contributed by atoms with E-state index in [9.17, 15) is 14.4 Å². The molecule has 7 nitrogen and oxygen atoms in total. The number of aromatic amines is 1. The van der Waals surface area contributed by atoms with Gasteiger partial charge in [0, 0.05) is 36.0 Å². The van der Waals surface area contributed by atoms with E-state index in [0.717, 1.165) is 10.9 Å². The van der Waals surface area contributed by atoms with Gasteiger partial charge in [-0.15, -0.1) is 0 Å². The van der Waals surface area contributed by atoms with Gasteiger partial charge >= 0.3 is 5.97 Å². The predicted octanol–water partition coefficient (Wildman–Crippen LogP) is 2.27. The van der Waals surface area contributed by atoms with Crippen molar-refractivity contribution in [2.75, 3.05) is 26.8 Å². The number of methoxy groups -OCH3 is 1. The van der Waals surface area contributed by atoms with Crippen molar-refractivity contribution in [3.63, 3.8) is 0 Å². The van der Waals surface area contributed by atoms with E-state index in [4.69, 9.17) is 9.47 Å². The number of piperidine rings is 1.